The highest BCUT2D eigenvalue weighted by atomic mass is 79.9. The summed E-state index contributed by atoms with van der Waals surface area (Å²) in [7, 11) is -3.78. The van der Waals surface area contributed by atoms with Crippen LogP contribution in [0, 0.1) is 0 Å². The van der Waals surface area contributed by atoms with Gasteiger partial charge in [0.25, 0.3) is 0 Å². The van der Waals surface area contributed by atoms with Crippen molar-refractivity contribution in [2.45, 2.75) is 31.3 Å². The summed E-state index contributed by atoms with van der Waals surface area (Å²) in [5, 5.41) is 1.97. The van der Waals surface area contributed by atoms with Gasteiger partial charge in [-0.05, 0) is 47.7 Å². The van der Waals surface area contributed by atoms with Gasteiger partial charge in [-0.25, -0.2) is 8.42 Å². The maximum atomic E-state index is 13.3. The Morgan fingerprint density at radius 2 is 1.68 bits per heavy atom. The molecule has 0 aliphatic heterocycles. The minimum Gasteiger partial charge on any atom is -0.332 e. The number of carbonyl (C=O) groups is 1. The van der Waals surface area contributed by atoms with Crippen LogP contribution in [0.15, 0.2) is 81.5 Å². The van der Waals surface area contributed by atoms with Gasteiger partial charge in [0.05, 0.1) is 18.0 Å². The Kier molecular flexibility index (Phi) is 8.43. The van der Waals surface area contributed by atoms with E-state index < -0.39 is 10.0 Å². The number of amides is 1. The maximum absolute atomic E-state index is 13.3. The summed E-state index contributed by atoms with van der Waals surface area (Å²) in [5.41, 5.74) is 1.00. The van der Waals surface area contributed by atoms with Gasteiger partial charge in [-0.1, -0.05) is 59.3 Å². The van der Waals surface area contributed by atoms with Crippen LogP contribution in [0.4, 0.5) is 0 Å². The first kappa shape index (κ1) is 23.7. The minimum atomic E-state index is -3.78. The zero-order chi connectivity index (χ0) is 22.3. The first-order chi connectivity index (χ1) is 14.9. The van der Waals surface area contributed by atoms with Gasteiger partial charge in [-0.2, -0.15) is 4.31 Å². The van der Waals surface area contributed by atoms with E-state index in [-0.39, 0.29) is 23.9 Å². The third-order valence-electron chi connectivity index (χ3n) is 4.73. The molecular weight excluding hydrogens is 496 g/mol. The predicted octanol–water partition coefficient (Wildman–Crippen LogP) is 5.14. The SMILES string of the molecule is CCCN(CC(=O)N(Cc1ccccc1)Cc1cccs1)S(=O)(=O)c1ccc(Br)cc1. The number of nitrogens with zero attached hydrogens (tertiary/aromatic N) is 2. The van der Waals surface area contributed by atoms with Crippen molar-refractivity contribution in [1.82, 2.24) is 9.21 Å². The third-order valence-corrected chi connectivity index (χ3v) is 7.98. The average molecular weight is 522 g/mol. The molecule has 8 heteroatoms. The molecule has 2 aromatic carbocycles. The van der Waals surface area contributed by atoms with Crippen molar-refractivity contribution in [3.63, 3.8) is 0 Å². The number of thiophene rings is 1. The van der Waals surface area contributed by atoms with Crippen molar-refractivity contribution in [2.75, 3.05) is 13.1 Å². The summed E-state index contributed by atoms with van der Waals surface area (Å²) in [6.07, 6.45) is 0.618. The van der Waals surface area contributed by atoms with Crippen molar-refractivity contribution in [3.05, 3.63) is 87.0 Å². The lowest BCUT2D eigenvalue weighted by molar-refractivity contribution is -0.132. The molecular formula is C23H25BrN2O3S2. The molecule has 0 aliphatic carbocycles. The van der Waals surface area contributed by atoms with Crippen LogP contribution in [0.5, 0.6) is 0 Å². The molecule has 0 saturated heterocycles. The van der Waals surface area contributed by atoms with Crippen molar-refractivity contribution in [2.24, 2.45) is 0 Å². The van der Waals surface area contributed by atoms with Crippen molar-refractivity contribution in [1.29, 1.82) is 0 Å². The second-order valence-corrected chi connectivity index (χ2v) is 11.0. The Labute approximate surface area is 196 Å². The van der Waals surface area contributed by atoms with E-state index >= 15 is 0 Å². The molecule has 0 aliphatic rings. The number of rotatable bonds is 10. The van der Waals surface area contributed by atoms with E-state index in [2.05, 4.69) is 15.9 Å². The van der Waals surface area contributed by atoms with Crippen LogP contribution in [0.3, 0.4) is 0 Å². The van der Waals surface area contributed by atoms with E-state index in [4.69, 9.17) is 0 Å². The van der Waals surface area contributed by atoms with E-state index in [9.17, 15) is 13.2 Å². The molecule has 0 atom stereocenters. The van der Waals surface area contributed by atoms with Crippen molar-refractivity contribution in [3.8, 4) is 0 Å². The topological polar surface area (TPSA) is 57.7 Å². The van der Waals surface area contributed by atoms with Gasteiger partial charge >= 0.3 is 0 Å². The van der Waals surface area contributed by atoms with E-state index in [0.29, 0.717) is 19.5 Å². The monoisotopic (exact) mass is 520 g/mol. The standard InChI is InChI=1S/C23H25BrN2O3S2/c1-2-14-26(31(28,29)22-12-10-20(24)11-13-22)18-23(27)25(17-21-9-6-15-30-21)16-19-7-4-3-5-8-19/h3-13,15H,2,14,16-18H2,1H3. The van der Waals surface area contributed by atoms with Crippen LogP contribution in [-0.4, -0.2) is 36.6 Å². The zero-order valence-electron chi connectivity index (χ0n) is 17.3. The Morgan fingerprint density at radius 3 is 2.29 bits per heavy atom. The lowest BCUT2D eigenvalue weighted by atomic mass is 10.2. The summed E-state index contributed by atoms with van der Waals surface area (Å²) in [4.78, 5) is 16.3. The quantitative estimate of drug-likeness (QED) is 0.371. The van der Waals surface area contributed by atoms with Crippen LogP contribution >= 0.6 is 27.3 Å². The second kappa shape index (κ2) is 11.0. The number of carbonyl (C=O) groups excluding carboxylic acids is 1. The molecule has 3 rings (SSSR count). The molecule has 0 saturated carbocycles. The summed E-state index contributed by atoms with van der Waals surface area (Å²) >= 11 is 4.91. The molecule has 5 nitrogen and oxygen atoms in total. The normalized spacial score (nSPS) is 11.6. The Bertz CT molecular complexity index is 1070. The van der Waals surface area contributed by atoms with Gasteiger partial charge in [0.2, 0.25) is 15.9 Å². The number of halogens is 1. The highest BCUT2D eigenvalue weighted by Gasteiger charge is 2.28. The molecule has 1 heterocycles. The first-order valence-corrected chi connectivity index (χ1v) is 13.1. The van der Waals surface area contributed by atoms with E-state index in [1.54, 1.807) is 40.5 Å². The maximum Gasteiger partial charge on any atom is 0.243 e. The molecule has 0 radical (unpaired) electrons. The summed E-state index contributed by atoms with van der Waals surface area (Å²) in [5.74, 6) is -0.216. The molecule has 0 spiro atoms. The molecule has 1 amide bonds. The van der Waals surface area contributed by atoms with Crippen molar-refractivity contribution < 1.29 is 13.2 Å². The fourth-order valence-electron chi connectivity index (χ4n) is 3.17. The molecule has 1 aromatic heterocycles. The lowest BCUT2D eigenvalue weighted by Crippen LogP contribution is -2.42. The number of hydrogen-bond acceptors (Lipinski definition) is 4. The van der Waals surface area contributed by atoms with E-state index in [0.717, 1.165) is 14.9 Å². The average Bonchev–Trinajstić information content (AvgIpc) is 3.27. The Morgan fingerprint density at radius 1 is 0.968 bits per heavy atom. The van der Waals surface area contributed by atoms with Gasteiger partial charge < -0.3 is 4.90 Å². The van der Waals surface area contributed by atoms with Gasteiger partial charge in [0.1, 0.15) is 0 Å². The molecule has 0 unspecified atom stereocenters. The summed E-state index contributed by atoms with van der Waals surface area (Å²) < 4.78 is 28.5. The largest absolute Gasteiger partial charge is 0.332 e. The molecule has 3 aromatic rings. The van der Waals surface area contributed by atoms with Crippen LogP contribution in [-0.2, 0) is 27.9 Å². The Hall–Kier alpha value is -2.00. The van der Waals surface area contributed by atoms with Crippen molar-refractivity contribution >= 4 is 43.2 Å². The molecule has 164 valence electrons. The number of benzene rings is 2. The number of hydrogen-bond donors (Lipinski definition) is 0. The molecule has 0 bridgehead atoms. The van der Waals surface area contributed by atoms with Crippen LogP contribution in [0.1, 0.15) is 23.8 Å². The highest BCUT2D eigenvalue weighted by molar-refractivity contribution is 9.10. The summed E-state index contributed by atoms with van der Waals surface area (Å²) in [6.45, 7) is 2.87. The fraction of sp³-hybridized carbons (Fsp3) is 0.261. The number of sulfonamides is 1. The predicted molar refractivity (Wildman–Crippen MR) is 128 cm³/mol. The van der Waals surface area contributed by atoms with Gasteiger partial charge in [-0.3, -0.25) is 4.79 Å². The van der Waals surface area contributed by atoms with Crippen LogP contribution < -0.4 is 0 Å². The molecule has 31 heavy (non-hydrogen) atoms. The van der Waals surface area contributed by atoms with Crippen LogP contribution in [0.2, 0.25) is 0 Å². The van der Waals surface area contributed by atoms with Gasteiger partial charge in [0.15, 0.2) is 0 Å². The smallest absolute Gasteiger partial charge is 0.243 e. The van der Waals surface area contributed by atoms with E-state index in [1.807, 2.05) is 54.8 Å². The second-order valence-electron chi connectivity index (χ2n) is 7.11. The van der Waals surface area contributed by atoms with Crippen LogP contribution in [0.25, 0.3) is 0 Å². The lowest BCUT2D eigenvalue weighted by Gasteiger charge is -2.27. The Balaban J connectivity index is 1.83. The van der Waals surface area contributed by atoms with Gasteiger partial charge in [-0.15, -0.1) is 11.3 Å². The highest BCUT2D eigenvalue weighted by Crippen LogP contribution is 2.20. The third kappa shape index (κ3) is 6.49. The molecule has 0 fully saturated rings. The van der Waals surface area contributed by atoms with E-state index in [1.165, 1.54) is 4.31 Å². The minimum absolute atomic E-state index is 0.185. The van der Waals surface area contributed by atoms with Gasteiger partial charge in [0, 0.05) is 22.4 Å². The summed E-state index contributed by atoms with van der Waals surface area (Å²) in [6, 6.07) is 20.2. The fourth-order valence-corrected chi connectivity index (χ4v) is 5.63. The first-order valence-electron chi connectivity index (χ1n) is 10.00. The molecule has 0 N–H and O–H groups in total. The zero-order valence-corrected chi connectivity index (χ0v) is 20.5.